The van der Waals surface area contributed by atoms with Crippen LogP contribution in [0.5, 0.6) is 0 Å². The molecule has 2 aliphatic carbocycles. The largest absolute Gasteiger partial charge is 0.349 e. The van der Waals surface area contributed by atoms with Gasteiger partial charge in [0.25, 0.3) is 11.9 Å². The van der Waals surface area contributed by atoms with Gasteiger partial charge in [0.05, 0.1) is 37.6 Å². The highest BCUT2D eigenvalue weighted by atomic mass is 32.2. The zero-order chi connectivity index (χ0) is 27.9. The van der Waals surface area contributed by atoms with Gasteiger partial charge < -0.3 is 28.4 Å². The van der Waals surface area contributed by atoms with Crippen LogP contribution < -0.4 is 0 Å². The predicted molar refractivity (Wildman–Crippen MR) is 151 cm³/mol. The molecule has 2 saturated heterocycles. The molecule has 6 unspecified atom stereocenters. The SMILES string of the molecule is CCC(OC1CCC(SC2CCC(OC(CC)OC3(CC)OCC(C)O3)CC2)CC1)OC1(CC)OCC(C)O1. The van der Waals surface area contributed by atoms with Crippen molar-refractivity contribution in [1.82, 2.24) is 0 Å². The lowest BCUT2D eigenvalue weighted by Crippen LogP contribution is -2.40. The maximum absolute atomic E-state index is 6.40. The summed E-state index contributed by atoms with van der Waals surface area (Å²) >= 11 is 2.20. The van der Waals surface area contributed by atoms with Gasteiger partial charge in [-0.15, -0.1) is 0 Å². The van der Waals surface area contributed by atoms with Crippen molar-refractivity contribution in [2.45, 2.75) is 178 Å². The Bertz CT molecular complexity index is 655. The van der Waals surface area contributed by atoms with Crippen molar-refractivity contribution >= 4 is 11.8 Å². The molecule has 2 heterocycles. The van der Waals surface area contributed by atoms with Gasteiger partial charge >= 0.3 is 0 Å². The average Bonchev–Trinajstić information content (AvgIpc) is 3.52. The van der Waals surface area contributed by atoms with Crippen LogP contribution in [-0.4, -0.2) is 72.7 Å². The fourth-order valence-corrected chi connectivity index (χ4v) is 7.66. The van der Waals surface area contributed by atoms with Gasteiger partial charge in [-0.05, 0) is 78.1 Å². The number of rotatable bonds is 14. The Labute approximate surface area is 240 Å². The first kappa shape index (κ1) is 32.0. The first-order chi connectivity index (χ1) is 18.8. The first-order valence-electron chi connectivity index (χ1n) is 15.7. The zero-order valence-electron chi connectivity index (χ0n) is 25.2. The van der Waals surface area contributed by atoms with Crippen LogP contribution in [-0.2, 0) is 37.9 Å². The van der Waals surface area contributed by atoms with Crippen LogP contribution in [0.15, 0.2) is 0 Å². The third-order valence-electron chi connectivity index (χ3n) is 8.31. The molecule has 2 saturated carbocycles. The van der Waals surface area contributed by atoms with E-state index in [1.807, 2.05) is 27.7 Å². The van der Waals surface area contributed by atoms with Gasteiger partial charge in [-0.25, -0.2) is 0 Å². The molecule has 0 N–H and O–H groups in total. The average molecular weight is 575 g/mol. The minimum Gasteiger partial charge on any atom is -0.349 e. The van der Waals surface area contributed by atoms with Gasteiger partial charge in [0.1, 0.15) is 0 Å². The third kappa shape index (κ3) is 9.01. The zero-order valence-corrected chi connectivity index (χ0v) is 26.0. The second kappa shape index (κ2) is 15.0. The summed E-state index contributed by atoms with van der Waals surface area (Å²) in [6.45, 7) is 13.4. The molecule has 0 amide bonds. The highest BCUT2D eigenvalue weighted by Gasteiger charge is 2.44. The van der Waals surface area contributed by atoms with Crippen LogP contribution >= 0.6 is 11.8 Å². The summed E-state index contributed by atoms with van der Waals surface area (Å²) in [6.07, 6.45) is 12.0. The summed E-state index contributed by atoms with van der Waals surface area (Å²) in [5.74, 6) is -1.90. The smallest absolute Gasteiger partial charge is 0.285 e. The lowest BCUT2D eigenvalue weighted by atomic mass is 9.96. The molecular weight excluding hydrogens is 520 g/mol. The highest BCUT2D eigenvalue weighted by Crippen LogP contribution is 2.40. The van der Waals surface area contributed by atoms with E-state index < -0.39 is 11.9 Å². The van der Waals surface area contributed by atoms with Crippen molar-refractivity contribution in [2.24, 2.45) is 0 Å². The molecule has 9 heteroatoms. The number of thioether (sulfide) groups is 1. The minimum absolute atomic E-state index is 0.0520. The third-order valence-corrected chi connectivity index (χ3v) is 10.0. The Morgan fingerprint density at radius 3 is 1.31 bits per heavy atom. The van der Waals surface area contributed by atoms with Crippen molar-refractivity contribution < 1.29 is 37.9 Å². The Balaban J connectivity index is 1.13. The van der Waals surface area contributed by atoms with Crippen LogP contribution in [0.3, 0.4) is 0 Å². The topological polar surface area (TPSA) is 73.8 Å². The second-order valence-electron chi connectivity index (χ2n) is 11.7. The number of hydrogen-bond acceptors (Lipinski definition) is 9. The summed E-state index contributed by atoms with van der Waals surface area (Å²) in [6, 6.07) is 0. The molecule has 4 fully saturated rings. The Morgan fingerprint density at radius 1 is 0.641 bits per heavy atom. The fourth-order valence-electron chi connectivity index (χ4n) is 6.02. The van der Waals surface area contributed by atoms with Crippen molar-refractivity contribution in [1.29, 1.82) is 0 Å². The molecule has 0 bridgehead atoms. The van der Waals surface area contributed by atoms with Crippen LogP contribution in [0.25, 0.3) is 0 Å². The van der Waals surface area contributed by atoms with E-state index in [-0.39, 0.29) is 37.0 Å². The predicted octanol–water partition coefficient (Wildman–Crippen LogP) is 6.88. The summed E-state index contributed by atoms with van der Waals surface area (Å²) < 4.78 is 48.8. The highest BCUT2D eigenvalue weighted by molar-refractivity contribution is 8.00. The normalized spacial score (nSPS) is 41.1. The van der Waals surface area contributed by atoms with Crippen molar-refractivity contribution in [3.63, 3.8) is 0 Å². The van der Waals surface area contributed by atoms with Gasteiger partial charge in [0.15, 0.2) is 12.6 Å². The van der Waals surface area contributed by atoms with Crippen LogP contribution in [0, 0.1) is 0 Å². The quantitative estimate of drug-likeness (QED) is 0.206. The minimum atomic E-state index is -0.951. The molecule has 4 aliphatic rings. The summed E-state index contributed by atoms with van der Waals surface area (Å²) in [4.78, 5) is 0. The standard InChI is InChI=1S/C30H54O8S/c1-7-27(37-29(9-3)31-19-21(5)35-29)33-23-11-15-25(16-12-23)39-26-17-13-24(14-18-26)34-28(8-2)38-30(10-4)32-20-22(6)36-30/h21-28H,7-20H2,1-6H3. The number of hydrogen-bond donors (Lipinski definition) is 0. The summed E-state index contributed by atoms with van der Waals surface area (Å²) in [5, 5.41) is 1.43. The van der Waals surface area contributed by atoms with Gasteiger partial charge in [-0.2, -0.15) is 11.8 Å². The van der Waals surface area contributed by atoms with Crippen molar-refractivity contribution in [2.75, 3.05) is 13.2 Å². The lowest BCUT2D eigenvalue weighted by Gasteiger charge is -2.37. The molecule has 8 nitrogen and oxygen atoms in total. The summed E-state index contributed by atoms with van der Waals surface area (Å²) in [5.41, 5.74) is 0. The molecule has 39 heavy (non-hydrogen) atoms. The maximum Gasteiger partial charge on any atom is 0.285 e. The Kier molecular flexibility index (Phi) is 12.3. The van der Waals surface area contributed by atoms with E-state index in [4.69, 9.17) is 37.9 Å². The molecule has 228 valence electrons. The van der Waals surface area contributed by atoms with E-state index in [1.54, 1.807) is 0 Å². The Hall–Kier alpha value is 0.0300. The molecular formula is C30H54O8S. The number of ether oxygens (including phenoxy) is 8. The molecule has 0 aromatic carbocycles. The van der Waals surface area contributed by atoms with E-state index in [9.17, 15) is 0 Å². The molecule has 0 radical (unpaired) electrons. The van der Waals surface area contributed by atoms with Gasteiger partial charge in [0.2, 0.25) is 0 Å². The Morgan fingerprint density at radius 2 is 1.03 bits per heavy atom. The fraction of sp³-hybridized carbons (Fsp3) is 1.00. The molecule has 6 atom stereocenters. The van der Waals surface area contributed by atoms with Crippen molar-refractivity contribution in [3.05, 3.63) is 0 Å². The van der Waals surface area contributed by atoms with Gasteiger partial charge in [-0.3, -0.25) is 9.47 Å². The molecule has 0 spiro atoms. The first-order valence-corrected chi connectivity index (χ1v) is 16.7. The van der Waals surface area contributed by atoms with Crippen LogP contribution in [0.2, 0.25) is 0 Å². The van der Waals surface area contributed by atoms with Gasteiger partial charge in [-0.1, -0.05) is 27.7 Å². The molecule has 4 rings (SSSR count). The molecule has 0 aromatic heterocycles. The lowest BCUT2D eigenvalue weighted by molar-refractivity contribution is -0.391. The summed E-state index contributed by atoms with van der Waals surface area (Å²) in [7, 11) is 0. The van der Waals surface area contributed by atoms with Gasteiger partial charge in [0, 0.05) is 23.3 Å². The van der Waals surface area contributed by atoms with E-state index in [0.29, 0.717) is 36.6 Å². The maximum atomic E-state index is 6.40. The van der Waals surface area contributed by atoms with E-state index in [2.05, 4.69) is 25.6 Å². The molecule has 0 aromatic rings. The van der Waals surface area contributed by atoms with E-state index in [1.165, 1.54) is 25.7 Å². The monoisotopic (exact) mass is 574 g/mol. The van der Waals surface area contributed by atoms with Crippen LogP contribution in [0.4, 0.5) is 0 Å². The van der Waals surface area contributed by atoms with Crippen LogP contribution in [0.1, 0.15) is 119 Å². The second-order valence-corrected chi connectivity index (χ2v) is 13.3. The molecule has 2 aliphatic heterocycles. The van der Waals surface area contributed by atoms with Crippen molar-refractivity contribution in [3.8, 4) is 0 Å². The van der Waals surface area contributed by atoms with E-state index >= 15 is 0 Å². The van der Waals surface area contributed by atoms with E-state index in [0.717, 1.165) is 38.5 Å².